The van der Waals surface area contributed by atoms with E-state index in [9.17, 15) is 0 Å². The van der Waals surface area contributed by atoms with Crippen molar-refractivity contribution in [1.82, 2.24) is 9.97 Å². The molecule has 0 bridgehead atoms. The quantitative estimate of drug-likeness (QED) is 0.742. The van der Waals surface area contributed by atoms with Gasteiger partial charge in [0.1, 0.15) is 17.5 Å². The van der Waals surface area contributed by atoms with Crippen LogP contribution >= 0.6 is 0 Å². The van der Waals surface area contributed by atoms with Crippen LogP contribution in [0.2, 0.25) is 0 Å². The van der Waals surface area contributed by atoms with Crippen LogP contribution in [0.4, 0.5) is 11.6 Å². The van der Waals surface area contributed by atoms with E-state index in [1.54, 1.807) is 0 Å². The van der Waals surface area contributed by atoms with Crippen LogP contribution in [0.1, 0.15) is 25.2 Å². The van der Waals surface area contributed by atoms with Crippen molar-refractivity contribution in [2.45, 2.75) is 33.8 Å². The minimum Gasteiger partial charge on any atom is -0.383 e. The van der Waals surface area contributed by atoms with Crippen molar-refractivity contribution in [1.29, 1.82) is 0 Å². The average molecular weight is 224 g/mol. The number of nitrogens with two attached hydrogens (primary N) is 1. The maximum Gasteiger partial charge on any atom is 0.134 e. The smallest absolute Gasteiger partial charge is 0.134 e. The minimum atomic E-state index is 0.250. The molecule has 0 atom stereocenters. The number of ether oxygens (including phenoxy) is 1. The van der Waals surface area contributed by atoms with Crippen LogP contribution in [-0.2, 0) is 4.74 Å². The van der Waals surface area contributed by atoms with Gasteiger partial charge in [-0.25, -0.2) is 9.97 Å². The summed E-state index contributed by atoms with van der Waals surface area (Å²) in [6.45, 7) is 9.12. The van der Waals surface area contributed by atoms with E-state index >= 15 is 0 Å². The van der Waals surface area contributed by atoms with E-state index < -0.39 is 0 Å². The molecule has 1 aromatic heterocycles. The van der Waals surface area contributed by atoms with Gasteiger partial charge in [0.2, 0.25) is 0 Å². The first-order valence-corrected chi connectivity index (χ1v) is 5.47. The molecule has 1 aromatic rings. The van der Waals surface area contributed by atoms with E-state index in [4.69, 9.17) is 10.5 Å². The second kappa shape index (κ2) is 5.65. The molecule has 1 heterocycles. The summed E-state index contributed by atoms with van der Waals surface area (Å²) in [5.74, 6) is 1.99. The van der Waals surface area contributed by atoms with Gasteiger partial charge >= 0.3 is 0 Å². The molecule has 0 aliphatic carbocycles. The van der Waals surface area contributed by atoms with Crippen molar-refractivity contribution in [3.63, 3.8) is 0 Å². The summed E-state index contributed by atoms with van der Waals surface area (Å²) in [7, 11) is 0. The molecule has 0 radical (unpaired) electrons. The fourth-order valence-corrected chi connectivity index (χ4v) is 1.29. The largest absolute Gasteiger partial charge is 0.383 e. The van der Waals surface area contributed by atoms with Gasteiger partial charge in [0.25, 0.3) is 0 Å². The van der Waals surface area contributed by atoms with E-state index in [1.165, 1.54) is 0 Å². The lowest BCUT2D eigenvalue weighted by atomic mass is 10.3. The highest BCUT2D eigenvalue weighted by molar-refractivity contribution is 5.54. The standard InChI is InChI=1S/C11H20N4O/c1-7(2)16-6-5-13-11-8(3)10(12)14-9(4)15-11/h7H,5-6H2,1-4H3,(H3,12,13,14,15). The van der Waals surface area contributed by atoms with Crippen molar-refractivity contribution in [3.05, 3.63) is 11.4 Å². The summed E-state index contributed by atoms with van der Waals surface area (Å²) >= 11 is 0. The highest BCUT2D eigenvalue weighted by atomic mass is 16.5. The second-order valence-electron chi connectivity index (χ2n) is 3.98. The van der Waals surface area contributed by atoms with Gasteiger partial charge in [-0.15, -0.1) is 0 Å². The zero-order valence-electron chi connectivity index (χ0n) is 10.4. The van der Waals surface area contributed by atoms with Gasteiger partial charge in [-0.2, -0.15) is 0 Å². The van der Waals surface area contributed by atoms with Gasteiger partial charge in [0, 0.05) is 12.1 Å². The molecular weight excluding hydrogens is 204 g/mol. The van der Waals surface area contributed by atoms with Gasteiger partial charge in [0.15, 0.2) is 0 Å². The summed E-state index contributed by atoms with van der Waals surface area (Å²) < 4.78 is 5.43. The molecule has 3 N–H and O–H groups in total. The normalized spacial score (nSPS) is 10.8. The summed E-state index contributed by atoms with van der Waals surface area (Å²) in [4.78, 5) is 8.38. The van der Waals surface area contributed by atoms with Crippen molar-refractivity contribution in [3.8, 4) is 0 Å². The Morgan fingerprint density at radius 2 is 2.00 bits per heavy atom. The number of aromatic nitrogens is 2. The Kier molecular flexibility index (Phi) is 4.49. The molecule has 5 nitrogen and oxygen atoms in total. The summed E-state index contributed by atoms with van der Waals surface area (Å²) in [6.07, 6.45) is 0.250. The molecule has 0 aliphatic heterocycles. The summed E-state index contributed by atoms with van der Waals surface area (Å²) in [5.41, 5.74) is 6.64. The number of rotatable bonds is 5. The molecule has 90 valence electrons. The molecule has 0 saturated heterocycles. The molecule has 16 heavy (non-hydrogen) atoms. The topological polar surface area (TPSA) is 73.1 Å². The van der Waals surface area contributed by atoms with Crippen LogP contribution in [0.3, 0.4) is 0 Å². The minimum absolute atomic E-state index is 0.250. The van der Waals surface area contributed by atoms with E-state index in [0.717, 1.165) is 17.9 Å². The maximum absolute atomic E-state index is 5.75. The van der Waals surface area contributed by atoms with Crippen molar-refractivity contribution in [2.75, 3.05) is 24.2 Å². The Hall–Kier alpha value is -1.36. The lowest BCUT2D eigenvalue weighted by Crippen LogP contribution is -2.15. The number of nitrogens with one attached hydrogen (secondary N) is 1. The Morgan fingerprint density at radius 1 is 1.31 bits per heavy atom. The molecule has 0 aromatic carbocycles. The fourth-order valence-electron chi connectivity index (χ4n) is 1.29. The van der Waals surface area contributed by atoms with E-state index in [-0.39, 0.29) is 6.10 Å². The summed E-state index contributed by atoms with van der Waals surface area (Å²) in [6, 6.07) is 0. The molecular formula is C11H20N4O. The Morgan fingerprint density at radius 3 is 2.62 bits per heavy atom. The van der Waals surface area contributed by atoms with Crippen LogP contribution in [0, 0.1) is 13.8 Å². The lowest BCUT2D eigenvalue weighted by molar-refractivity contribution is 0.0870. The molecule has 0 spiro atoms. The first-order valence-electron chi connectivity index (χ1n) is 5.47. The van der Waals surface area contributed by atoms with Crippen LogP contribution in [0.5, 0.6) is 0 Å². The Labute approximate surface area is 96.4 Å². The first-order chi connectivity index (χ1) is 7.50. The second-order valence-corrected chi connectivity index (χ2v) is 3.98. The fraction of sp³-hybridized carbons (Fsp3) is 0.636. The maximum atomic E-state index is 5.75. The zero-order chi connectivity index (χ0) is 12.1. The Balaban J connectivity index is 2.53. The number of hydrogen-bond acceptors (Lipinski definition) is 5. The van der Waals surface area contributed by atoms with Crippen LogP contribution in [0.15, 0.2) is 0 Å². The Bertz CT molecular complexity index is 352. The predicted molar refractivity (Wildman–Crippen MR) is 65.5 cm³/mol. The molecule has 0 amide bonds. The van der Waals surface area contributed by atoms with Gasteiger partial charge in [-0.05, 0) is 27.7 Å². The summed E-state index contributed by atoms with van der Waals surface area (Å²) in [5, 5.41) is 3.19. The third kappa shape index (κ3) is 3.66. The average Bonchev–Trinajstić information content (AvgIpc) is 2.19. The predicted octanol–water partition coefficient (Wildman–Crippen LogP) is 1.51. The highest BCUT2D eigenvalue weighted by Crippen LogP contribution is 2.16. The van der Waals surface area contributed by atoms with E-state index in [2.05, 4.69) is 15.3 Å². The van der Waals surface area contributed by atoms with Crippen LogP contribution in [0.25, 0.3) is 0 Å². The number of hydrogen-bond donors (Lipinski definition) is 2. The van der Waals surface area contributed by atoms with Crippen LogP contribution < -0.4 is 11.1 Å². The highest BCUT2D eigenvalue weighted by Gasteiger charge is 2.05. The molecule has 0 saturated carbocycles. The molecule has 5 heteroatoms. The monoisotopic (exact) mass is 224 g/mol. The molecule has 1 rings (SSSR count). The van der Waals surface area contributed by atoms with Gasteiger partial charge in [0.05, 0.1) is 12.7 Å². The zero-order valence-corrected chi connectivity index (χ0v) is 10.4. The lowest BCUT2D eigenvalue weighted by Gasteiger charge is -2.12. The van der Waals surface area contributed by atoms with E-state index in [1.807, 2.05) is 27.7 Å². The van der Waals surface area contributed by atoms with Crippen molar-refractivity contribution >= 4 is 11.6 Å². The van der Waals surface area contributed by atoms with Gasteiger partial charge in [-0.1, -0.05) is 0 Å². The molecule has 0 unspecified atom stereocenters. The SMILES string of the molecule is Cc1nc(N)c(C)c(NCCOC(C)C)n1. The number of aryl methyl sites for hydroxylation is 1. The van der Waals surface area contributed by atoms with Crippen LogP contribution in [-0.4, -0.2) is 29.2 Å². The van der Waals surface area contributed by atoms with Gasteiger partial charge < -0.3 is 15.8 Å². The third-order valence-electron chi connectivity index (χ3n) is 2.14. The molecule has 0 fully saturated rings. The third-order valence-corrected chi connectivity index (χ3v) is 2.14. The van der Waals surface area contributed by atoms with E-state index in [0.29, 0.717) is 18.2 Å². The number of nitrogen functional groups attached to an aromatic ring is 1. The number of anilines is 2. The van der Waals surface area contributed by atoms with Crippen molar-refractivity contribution in [2.24, 2.45) is 0 Å². The van der Waals surface area contributed by atoms with Gasteiger partial charge in [-0.3, -0.25) is 0 Å². The number of nitrogens with zero attached hydrogens (tertiary/aromatic N) is 2. The first kappa shape index (κ1) is 12.7. The van der Waals surface area contributed by atoms with Crippen molar-refractivity contribution < 1.29 is 4.74 Å². The molecule has 0 aliphatic rings.